The molecule has 4 nitrogen and oxygen atoms in total. The summed E-state index contributed by atoms with van der Waals surface area (Å²) in [6.07, 6.45) is -4.96. The highest BCUT2D eigenvalue weighted by Gasteiger charge is 2.31. The Morgan fingerprint density at radius 2 is 1.78 bits per heavy atom. The standard InChI is InChI=1S/C16H10F3N3O/c1-9-5-4-8-12-13(9)14(15(23)16(17,18)19)22-20-10-6-2-3-7-11(10)21(12)22/h2-8H,1H3. The number of fused-ring (bicyclic) bond motifs is 5. The fourth-order valence-corrected chi connectivity index (χ4v) is 2.93. The Morgan fingerprint density at radius 3 is 2.52 bits per heavy atom. The molecular formula is C16H10F3N3O. The fourth-order valence-electron chi connectivity index (χ4n) is 2.93. The molecule has 7 heteroatoms. The Hall–Kier alpha value is -2.83. The largest absolute Gasteiger partial charge is 0.868 e. The number of hydrogen-bond donors (Lipinski definition) is 0. The first-order chi connectivity index (χ1) is 10.9. The minimum Gasteiger partial charge on any atom is -0.868 e. The summed E-state index contributed by atoms with van der Waals surface area (Å²) in [5.41, 5.74) is 2.28. The second-order valence-electron chi connectivity index (χ2n) is 5.33. The Morgan fingerprint density at radius 1 is 1.09 bits per heavy atom. The van der Waals surface area contributed by atoms with Crippen LogP contribution < -0.4 is 15.0 Å². The van der Waals surface area contributed by atoms with Crippen LogP contribution in [0, 0.1) is 6.92 Å². The molecular weight excluding hydrogens is 307 g/mol. The number of aryl methyl sites for hydroxylation is 1. The molecule has 0 aliphatic carbocycles. The van der Waals surface area contributed by atoms with E-state index in [9.17, 15) is 18.3 Å². The molecule has 4 rings (SSSR count). The van der Waals surface area contributed by atoms with Crippen molar-refractivity contribution >= 4 is 27.7 Å². The lowest BCUT2D eigenvalue weighted by atomic mass is 10.1. The van der Waals surface area contributed by atoms with Crippen molar-refractivity contribution in [2.75, 3.05) is 0 Å². The van der Waals surface area contributed by atoms with Gasteiger partial charge < -0.3 is 5.11 Å². The van der Waals surface area contributed by atoms with Gasteiger partial charge in [0.25, 0.3) is 0 Å². The van der Waals surface area contributed by atoms with Crippen molar-refractivity contribution in [1.82, 2.24) is 9.73 Å². The van der Waals surface area contributed by atoms with Gasteiger partial charge in [0.05, 0.1) is 10.5 Å². The van der Waals surface area contributed by atoms with Crippen molar-refractivity contribution in [2.24, 2.45) is 0 Å². The first-order valence-corrected chi connectivity index (χ1v) is 6.89. The monoisotopic (exact) mass is 317 g/mol. The number of hydrogen-bond acceptors (Lipinski definition) is 2. The van der Waals surface area contributed by atoms with E-state index in [1.165, 1.54) is 4.52 Å². The van der Waals surface area contributed by atoms with Gasteiger partial charge in [-0.15, -0.1) is 4.52 Å². The van der Waals surface area contributed by atoms with Crippen LogP contribution in [-0.4, -0.2) is 15.9 Å². The number of alkyl halides is 3. The Labute approximate surface area is 127 Å². The van der Waals surface area contributed by atoms with E-state index in [1.807, 2.05) is 0 Å². The van der Waals surface area contributed by atoms with E-state index >= 15 is 0 Å². The van der Waals surface area contributed by atoms with E-state index in [2.05, 4.69) is 5.10 Å². The molecule has 116 valence electrons. The number of para-hydroxylation sites is 1. The molecule has 0 amide bonds. The van der Waals surface area contributed by atoms with E-state index in [-0.39, 0.29) is 5.39 Å². The molecule has 2 heterocycles. The molecule has 0 N–H and O–H groups in total. The zero-order chi connectivity index (χ0) is 16.4. The zero-order valence-electron chi connectivity index (χ0n) is 11.9. The van der Waals surface area contributed by atoms with E-state index in [4.69, 9.17) is 0 Å². The van der Waals surface area contributed by atoms with Crippen molar-refractivity contribution in [3.8, 4) is 0 Å². The van der Waals surface area contributed by atoms with Gasteiger partial charge in [-0.25, -0.2) is 0 Å². The summed E-state index contributed by atoms with van der Waals surface area (Å²) in [6.45, 7) is 1.68. The highest BCUT2D eigenvalue weighted by Crippen LogP contribution is 2.23. The Balaban J connectivity index is 2.41. The second-order valence-corrected chi connectivity index (χ2v) is 5.33. The van der Waals surface area contributed by atoms with Gasteiger partial charge in [-0.05, 0) is 35.3 Å². The average molecular weight is 317 g/mol. The molecule has 0 bridgehead atoms. The van der Waals surface area contributed by atoms with Gasteiger partial charge in [-0.1, -0.05) is 24.3 Å². The smallest absolute Gasteiger partial charge is 0.404 e. The molecule has 4 aromatic rings. The number of aromatic nitrogens is 3. The van der Waals surface area contributed by atoms with Crippen molar-refractivity contribution in [2.45, 2.75) is 13.1 Å². The second kappa shape index (κ2) is 4.34. The van der Waals surface area contributed by atoms with Crippen LogP contribution in [0.2, 0.25) is 0 Å². The zero-order valence-corrected chi connectivity index (χ0v) is 11.9. The van der Waals surface area contributed by atoms with Gasteiger partial charge in [-0.2, -0.15) is 13.2 Å². The molecule has 0 fully saturated rings. The SMILES string of the molecule is Cc1cccc2c1/c(=C(\[O-])C(F)(F)F)n1nc3ccccc3[n+]21. The summed E-state index contributed by atoms with van der Waals surface area (Å²) in [5.74, 6) is -1.90. The molecule has 0 aliphatic rings. The highest BCUT2D eigenvalue weighted by atomic mass is 19.4. The number of nitrogens with zero attached hydrogens (tertiary/aromatic N) is 3. The average Bonchev–Trinajstić information content (AvgIpc) is 3.01. The summed E-state index contributed by atoms with van der Waals surface area (Å²) in [5, 5.41) is 16.0. The third kappa shape index (κ3) is 1.79. The van der Waals surface area contributed by atoms with Crippen molar-refractivity contribution in [1.29, 1.82) is 0 Å². The van der Waals surface area contributed by atoms with Crippen LogP contribution in [0.4, 0.5) is 13.2 Å². The number of rotatable bonds is 0. The topological polar surface area (TPSA) is 44.5 Å². The molecule has 2 aromatic heterocycles. The lowest BCUT2D eigenvalue weighted by Gasteiger charge is -2.13. The number of benzene rings is 2. The van der Waals surface area contributed by atoms with Gasteiger partial charge in [-0.3, -0.25) is 0 Å². The molecule has 0 radical (unpaired) electrons. The maximum Gasteiger partial charge on any atom is 0.404 e. The highest BCUT2D eigenvalue weighted by molar-refractivity contribution is 5.83. The molecule has 0 aliphatic heterocycles. The van der Waals surface area contributed by atoms with Crippen LogP contribution in [-0.2, 0) is 0 Å². The third-order valence-electron chi connectivity index (χ3n) is 3.89. The number of halogens is 3. The first kappa shape index (κ1) is 13.8. The first-order valence-electron chi connectivity index (χ1n) is 6.89. The predicted molar refractivity (Wildman–Crippen MR) is 75.3 cm³/mol. The van der Waals surface area contributed by atoms with E-state index < -0.39 is 17.3 Å². The fraction of sp³-hybridized carbons (Fsp3) is 0.125. The van der Waals surface area contributed by atoms with Gasteiger partial charge >= 0.3 is 6.18 Å². The van der Waals surface area contributed by atoms with E-state index in [1.54, 1.807) is 49.4 Å². The summed E-state index contributed by atoms with van der Waals surface area (Å²) in [4.78, 5) is 0. The molecule has 0 spiro atoms. The lowest BCUT2D eigenvalue weighted by molar-refractivity contribution is -0.568. The summed E-state index contributed by atoms with van der Waals surface area (Å²) in [7, 11) is 0. The van der Waals surface area contributed by atoms with Gasteiger partial charge in [0.15, 0.2) is 5.52 Å². The summed E-state index contributed by atoms with van der Waals surface area (Å²) >= 11 is 0. The molecule has 23 heavy (non-hydrogen) atoms. The van der Waals surface area contributed by atoms with Crippen LogP contribution in [0.1, 0.15) is 5.56 Å². The van der Waals surface area contributed by atoms with Crippen molar-refractivity contribution < 1.29 is 22.8 Å². The molecule has 2 aromatic carbocycles. The van der Waals surface area contributed by atoms with Gasteiger partial charge in [0, 0.05) is 5.76 Å². The minimum absolute atomic E-state index is 0.271. The summed E-state index contributed by atoms with van der Waals surface area (Å²) in [6, 6.07) is 12.1. The lowest BCUT2D eigenvalue weighted by Crippen LogP contribution is -2.37. The minimum atomic E-state index is -4.96. The Bertz CT molecular complexity index is 1130. The van der Waals surface area contributed by atoms with Crippen molar-refractivity contribution in [3.63, 3.8) is 0 Å². The molecule has 0 unspecified atom stereocenters. The van der Waals surface area contributed by atoms with Crippen LogP contribution in [0.15, 0.2) is 42.5 Å². The predicted octanol–water partition coefficient (Wildman–Crippen LogP) is 1.28. The van der Waals surface area contributed by atoms with E-state index in [0.717, 1.165) is 4.63 Å². The molecule has 0 saturated carbocycles. The van der Waals surface area contributed by atoms with Crippen LogP contribution in [0.25, 0.3) is 27.7 Å². The van der Waals surface area contributed by atoms with E-state index in [0.29, 0.717) is 22.1 Å². The quantitative estimate of drug-likeness (QED) is 0.459. The van der Waals surface area contributed by atoms with Gasteiger partial charge in [0.1, 0.15) is 5.35 Å². The molecule has 0 atom stereocenters. The van der Waals surface area contributed by atoms with Crippen molar-refractivity contribution in [3.05, 3.63) is 53.4 Å². The van der Waals surface area contributed by atoms with Gasteiger partial charge in [0.2, 0.25) is 11.0 Å². The van der Waals surface area contributed by atoms with Crippen LogP contribution in [0.3, 0.4) is 0 Å². The van der Waals surface area contributed by atoms with Crippen LogP contribution in [0.5, 0.6) is 0 Å². The third-order valence-corrected chi connectivity index (χ3v) is 3.89. The normalized spacial score (nSPS) is 14.1. The summed E-state index contributed by atoms with van der Waals surface area (Å²) < 4.78 is 41.8. The maximum absolute atomic E-state index is 13.1. The molecule has 0 saturated heterocycles. The van der Waals surface area contributed by atoms with Crippen LogP contribution >= 0.6 is 0 Å². The maximum atomic E-state index is 13.1. The Kier molecular flexibility index (Phi) is 2.61.